The summed E-state index contributed by atoms with van der Waals surface area (Å²) >= 11 is 4.78. The second kappa shape index (κ2) is 10.0. The lowest BCUT2D eigenvalue weighted by molar-refractivity contribution is 0.161. The van der Waals surface area contributed by atoms with Crippen LogP contribution >= 0.6 is 12.2 Å². The van der Waals surface area contributed by atoms with Crippen molar-refractivity contribution in [2.24, 2.45) is 10.8 Å². The summed E-state index contributed by atoms with van der Waals surface area (Å²) in [5, 5.41) is 6.99. The number of rotatable bonds is 7. The summed E-state index contributed by atoms with van der Waals surface area (Å²) in [6, 6.07) is 18.8. The van der Waals surface area contributed by atoms with Crippen molar-refractivity contribution in [1.29, 1.82) is 0 Å². The Kier molecular flexibility index (Phi) is 7.40. The van der Waals surface area contributed by atoms with E-state index in [1.165, 1.54) is 0 Å². The molecule has 25 heavy (non-hydrogen) atoms. The molecule has 0 unspecified atom stereocenters. The Labute approximate surface area is 152 Å². The minimum Gasteiger partial charge on any atom is -0.449 e. The van der Waals surface area contributed by atoms with Crippen molar-refractivity contribution in [3.8, 4) is 0 Å². The van der Waals surface area contributed by atoms with Gasteiger partial charge in [-0.1, -0.05) is 48.5 Å². The number of nitrogens with one attached hydrogen (secondary N) is 2. The normalized spacial score (nSPS) is 10.8. The maximum atomic E-state index is 11.7. The monoisotopic (exact) mass is 356 g/mol. The number of ether oxygens (including phenoxy) is 1. The van der Waals surface area contributed by atoms with Gasteiger partial charge in [-0.3, -0.25) is 10.7 Å². The number of nitrogens with zero attached hydrogens (tertiary/aromatic N) is 1. The highest BCUT2D eigenvalue weighted by Gasteiger charge is 2.06. The Morgan fingerprint density at radius 3 is 2.36 bits per heavy atom. The van der Waals surface area contributed by atoms with Gasteiger partial charge in [-0.2, -0.15) is 5.10 Å². The molecule has 0 fully saturated rings. The van der Waals surface area contributed by atoms with Crippen LogP contribution in [0.2, 0.25) is 0 Å². The molecule has 130 valence electrons. The number of anilines is 1. The lowest BCUT2D eigenvalue weighted by Crippen LogP contribution is -2.25. The Balaban J connectivity index is 1.81. The quantitative estimate of drug-likeness (QED) is 0.307. The fourth-order valence-corrected chi connectivity index (χ4v) is 2.14. The van der Waals surface area contributed by atoms with Crippen LogP contribution in [0.3, 0.4) is 0 Å². The molecular formula is C18H20N4O2S. The van der Waals surface area contributed by atoms with Gasteiger partial charge in [0, 0.05) is 5.69 Å². The number of carbonyl (C=O) groups is 1. The van der Waals surface area contributed by atoms with Gasteiger partial charge < -0.3 is 10.5 Å². The second-order valence-electron chi connectivity index (χ2n) is 5.13. The molecule has 0 heterocycles. The van der Waals surface area contributed by atoms with Crippen LogP contribution in [0, 0.1) is 0 Å². The van der Waals surface area contributed by atoms with Crippen molar-refractivity contribution in [3.05, 3.63) is 66.2 Å². The van der Waals surface area contributed by atoms with Gasteiger partial charge in [-0.05, 0) is 42.8 Å². The van der Waals surface area contributed by atoms with Gasteiger partial charge in [0.2, 0.25) is 0 Å². The maximum absolute atomic E-state index is 11.7. The van der Waals surface area contributed by atoms with E-state index in [2.05, 4.69) is 15.8 Å². The molecule has 6 nitrogen and oxygen atoms in total. The molecule has 0 atom stereocenters. The van der Waals surface area contributed by atoms with Gasteiger partial charge in [-0.25, -0.2) is 4.79 Å². The summed E-state index contributed by atoms with van der Waals surface area (Å²) in [6.45, 7) is 0.275. The molecule has 4 N–H and O–H groups in total. The van der Waals surface area contributed by atoms with Crippen LogP contribution in [0.25, 0.3) is 0 Å². The minimum atomic E-state index is -0.481. The fourth-order valence-electron chi connectivity index (χ4n) is 2.10. The van der Waals surface area contributed by atoms with Crippen LogP contribution in [-0.2, 0) is 4.74 Å². The number of amides is 1. The van der Waals surface area contributed by atoms with E-state index in [0.29, 0.717) is 18.5 Å². The highest BCUT2D eigenvalue weighted by Crippen LogP contribution is 2.08. The van der Waals surface area contributed by atoms with Gasteiger partial charge in [0.15, 0.2) is 5.11 Å². The Bertz CT molecular complexity index is 720. The molecule has 0 aromatic heterocycles. The highest BCUT2D eigenvalue weighted by molar-refractivity contribution is 7.80. The van der Waals surface area contributed by atoms with Gasteiger partial charge in [0.25, 0.3) is 0 Å². The molecule has 0 radical (unpaired) electrons. The first-order valence-electron chi connectivity index (χ1n) is 7.81. The zero-order valence-corrected chi connectivity index (χ0v) is 14.5. The first-order chi connectivity index (χ1) is 12.1. The van der Waals surface area contributed by atoms with E-state index < -0.39 is 6.09 Å². The van der Waals surface area contributed by atoms with Gasteiger partial charge in [-0.15, -0.1) is 0 Å². The number of hydrogen-bond acceptors (Lipinski definition) is 4. The molecule has 0 bridgehead atoms. The summed E-state index contributed by atoms with van der Waals surface area (Å²) in [7, 11) is 0. The number of para-hydroxylation sites is 1. The van der Waals surface area contributed by atoms with Crippen molar-refractivity contribution < 1.29 is 9.53 Å². The van der Waals surface area contributed by atoms with Crippen molar-refractivity contribution in [3.63, 3.8) is 0 Å². The summed E-state index contributed by atoms with van der Waals surface area (Å²) in [5.41, 5.74) is 10.5. The molecule has 0 saturated carbocycles. The Morgan fingerprint density at radius 1 is 1.08 bits per heavy atom. The first kappa shape index (κ1) is 18.4. The molecule has 2 aromatic carbocycles. The zero-order valence-electron chi connectivity index (χ0n) is 13.6. The highest BCUT2D eigenvalue weighted by atomic mass is 32.1. The molecule has 0 aliphatic heterocycles. The summed E-state index contributed by atoms with van der Waals surface area (Å²) in [5.74, 6) is 0. The van der Waals surface area contributed by atoms with E-state index in [-0.39, 0.29) is 11.7 Å². The molecule has 7 heteroatoms. The number of carbonyl (C=O) groups excluding carboxylic acids is 1. The van der Waals surface area contributed by atoms with E-state index in [4.69, 9.17) is 22.7 Å². The van der Waals surface area contributed by atoms with Crippen LogP contribution in [-0.4, -0.2) is 23.5 Å². The summed E-state index contributed by atoms with van der Waals surface area (Å²) < 4.78 is 5.18. The number of nitrogens with two attached hydrogens (primary N) is 1. The van der Waals surface area contributed by atoms with Crippen molar-refractivity contribution in [1.82, 2.24) is 5.43 Å². The molecule has 2 rings (SSSR count). The third-order valence-corrected chi connectivity index (χ3v) is 3.31. The lowest BCUT2D eigenvalue weighted by atomic mass is 10.1. The third kappa shape index (κ3) is 7.01. The van der Waals surface area contributed by atoms with Crippen LogP contribution < -0.4 is 16.5 Å². The van der Waals surface area contributed by atoms with Crippen LogP contribution in [0.15, 0.2) is 65.8 Å². The van der Waals surface area contributed by atoms with Gasteiger partial charge in [0.1, 0.15) is 0 Å². The molecule has 0 aliphatic carbocycles. The molecule has 0 aliphatic rings. The minimum absolute atomic E-state index is 0.104. The number of benzene rings is 2. The SMILES string of the molecule is NC(=S)NN=C(CCCOC(=O)Nc1ccccc1)c1ccccc1. The van der Waals surface area contributed by atoms with Crippen LogP contribution in [0.1, 0.15) is 18.4 Å². The Morgan fingerprint density at radius 2 is 1.72 bits per heavy atom. The molecule has 0 spiro atoms. The van der Waals surface area contributed by atoms with Gasteiger partial charge in [0.05, 0.1) is 12.3 Å². The van der Waals surface area contributed by atoms with Crippen LogP contribution in [0.4, 0.5) is 10.5 Å². The molecule has 0 saturated heterocycles. The van der Waals surface area contributed by atoms with E-state index in [1.54, 1.807) is 12.1 Å². The molecule has 1 amide bonds. The summed E-state index contributed by atoms with van der Waals surface area (Å²) in [6.07, 6.45) is 0.748. The fraction of sp³-hybridized carbons (Fsp3) is 0.167. The van der Waals surface area contributed by atoms with Crippen molar-refractivity contribution in [2.45, 2.75) is 12.8 Å². The Hall–Kier alpha value is -2.93. The van der Waals surface area contributed by atoms with Crippen molar-refractivity contribution >= 4 is 34.8 Å². The van der Waals surface area contributed by atoms with E-state index in [0.717, 1.165) is 11.3 Å². The van der Waals surface area contributed by atoms with E-state index >= 15 is 0 Å². The maximum Gasteiger partial charge on any atom is 0.411 e. The summed E-state index contributed by atoms with van der Waals surface area (Å²) in [4.78, 5) is 11.7. The smallest absolute Gasteiger partial charge is 0.411 e. The zero-order chi connectivity index (χ0) is 17.9. The number of hydrazone groups is 1. The van der Waals surface area contributed by atoms with Gasteiger partial charge >= 0.3 is 6.09 Å². The second-order valence-corrected chi connectivity index (χ2v) is 5.57. The van der Waals surface area contributed by atoms with Crippen molar-refractivity contribution in [2.75, 3.05) is 11.9 Å². The number of hydrogen-bond donors (Lipinski definition) is 3. The topological polar surface area (TPSA) is 88.7 Å². The molecule has 2 aromatic rings. The average Bonchev–Trinajstić information content (AvgIpc) is 2.62. The largest absolute Gasteiger partial charge is 0.449 e. The lowest BCUT2D eigenvalue weighted by Gasteiger charge is -2.09. The van der Waals surface area contributed by atoms with E-state index in [1.807, 2.05) is 48.5 Å². The third-order valence-electron chi connectivity index (χ3n) is 3.22. The van der Waals surface area contributed by atoms with E-state index in [9.17, 15) is 4.79 Å². The van der Waals surface area contributed by atoms with Crippen LogP contribution in [0.5, 0.6) is 0 Å². The molecular weight excluding hydrogens is 336 g/mol. The number of thiocarbonyl (C=S) groups is 1. The standard InChI is InChI=1S/C18H20N4O2S/c19-17(25)22-21-16(14-8-3-1-4-9-14)12-7-13-24-18(23)20-15-10-5-2-6-11-15/h1-6,8-11H,7,12-13H2,(H,20,23)(H3,19,22,25). The predicted molar refractivity (Wildman–Crippen MR) is 104 cm³/mol. The first-order valence-corrected chi connectivity index (χ1v) is 8.22. The average molecular weight is 356 g/mol. The predicted octanol–water partition coefficient (Wildman–Crippen LogP) is 3.25.